The van der Waals surface area contributed by atoms with Gasteiger partial charge in [0.1, 0.15) is 10.4 Å². The summed E-state index contributed by atoms with van der Waals surface area (Å²) in [5.41, 5.74) is 0.395. The number of ether oxygens (including phenoxy) is 1. The number of halogens is 5. The predicted octanol–water partition coefficient (Wildman–Crippen LogP) is 6.02. The van der Waals surface area contributed by atoms with Gasteiger partial charge in [0.05, 0.1) is 17.3 Å². The van der Waals surface area contributed by atoms with E-state index in [1.165, 1.54) is 18.2 Å². The van der Waals surface area contributed by atoms with E-state index in [2.05, 4.69) is 10.6 Å². The Morgan fingerprint density at radius 1 is 1.13 bits per heavy atom. The number of carbonyl (C=O) groups is 2. The normalized spacial score (nSPS) is 20.1. The number of alkyl halides is 2. The maximum Gasteiger partial charge on any atom is 0.253 e. The smallest absolute Gasteiger partial charge is 0.253 e. The van der Waals surface area contributed by atoms with Gasteiger partial charge in [0.15, 0.2) is 5.82 Å². The van der Waals surface area contributed by atoms with Crippen molar-refractivity contribution in [2.45, 2.75) is 30.2 Å². The minimum atomic E-state index is -1.40. The summed E-state index contributed by atoms with van der Waals surface area (Å²) in [6.07, 6.45) is -0.757. The number of rotatable bonds is 7. The molecule has 0 aromatic heterocycles. The van der Waals surface area contributed by atoms with Gasteiger partial charge in [0.2, 0.25) is 5.91 Å². The molecule has 166 valence electrons. The third-order valence-electron chi connectivity index (χ3n) is 4.88. The number of benzene rings is 2. The SMILES string of the molecule is CCOC(C)C(=O)Nc1cccc(NC(=O)[C@H]2[C@H](c3cc(Cl)cc(Cl)c3)C2(Cl)Cl)c1F. The molecule has 3 atom stereocenters. The molecule has 0 aliphatic heterocycles. The predicted molar refractivity (Wildman–Crippen MR) is 122 cm³/mol. The molecule has 31 heavy (non-hydrogen) atoms. The molecule has 1 unspecified atom stereocenters. The summed E-state index contributed by atoms with van der Waals surface area (Å²) in [4.78, 5) is 24.9. The van der Waals surface area contributed by atoms with Crippen LogP contribution in [0.5, 0.6) is 0 Å². The van der Waals surface area contributed by atoms with Crippen molar-refractivity contribution in [3.05, 3.63) is 57.8 Å². The van der Waals surface area contributed by atoms with Crippen LogP contribution in [-0.2, 0) is 14.3 Å². The first kappa shape index (κ1) is 24.1. The van der Waals surface area contributed by atoms with Crippen LogP contribution in [0.1, 0.15) is 25.3 Å². The van der Waals surface area contributed by atoms with E-state index in [1.807, 2.05) is 0 Å². The third kappa shape index (κ3) is 5.26. The average molecular weight is 508 g/mol. The van der Waals surface area contributed by atoms with Crippen molar-refractivity contribution in [3.8, 4) is 0 Å². The van der Waals surface area contributed by atoms with Gasteiger partial charge in [-0.15, -0.1) is 23.2 Å². The fourth-order valence-electron chi connectivity index (χ4n) is 3.32. The lowest BCUT2D eigenvalue weighted by Gasteiger charge is -2.14. The Morgan fingerprint density at radius 2 is 1.71 bits per heavy atom. The molecule has 1 aliphatic carbocycles. The quantitative estimate of drug-likeness (QED) is 0.450. The Morgan fingerprint density at radius 3 is 2.29 bits per heavy atom. The molecule has 0 spiro atoms. The second-order valence-corrected chi connectivity index (χ2v) is 9.39. The van der Waals surface area contributed by atoms with Crippen LogP contribution in [0.4, 0.5) is 15.8 Å². The van der Waals surface area contributed by atoms with Gasteiger partial charge in [-0.2, -0.15) is 0 Å². The van der Waals surface area contributed by atoms with Crippen LogP contribution in [-0.4, -0.2) is 28.9 Å². The van der Waals surface area contributed by atoms with Gasteiger partial charge < -0.3 is 15.4 Å². The molecule has 1 fully saturated rings. The first-order valence-corrected chi connectivity index (χ1v) is 10.9. The molecule has 3 rings (SSSR count). The summed E-state index contributed by atoms with van der Waals surface area (Å²) in [6.45, 7) is 3.64. The summed E-state index contributed by atoms with van der Waals surface area (Å²) >= 11 is 24.7. The van der Waals surface area contributed by atoms with E-state index in [0.29, 0.717) is 22.2 Å². The lowest BCUT2D eigenvalue weighted by molar-refractivity contribution is -0.126. The van der Waals surface area contributed by atoms with Gasteiger partial charge in [-0.1, -0.05) is 29.3 Å². The zero-order chi connectivity index (χ0) is 22.9. The topological polar surface area (TPSA) is 67.4 Å². The van der Waals surface area contributed by atoms with Crippen LogP contribution in [0.3, 0.4) is 0 Å². The Balaban J connectivity index is 1.75. The summed E-state index contributed by atoms with van der Waals surface area (Å²) in [6, 6.07) is 9.04. The maximum absolute atomic E-state index is 14.9. The molecule has 2 aromatic rings. The van der Waals surface area contributed by atoms with Gasteiger partial charge in [-0.25, -0.2) is 4.39 Å². The van der Waals surface area contributed by atoms with Crippen LogP contribution < -0.4 is 10.6 Å². The lowest BCUT2D eigenvalue weighted by Crippen LogP contribution is -2.28. The number of hydrogen-bond donors (Lipinski definition) is 2. The Hall–Kier alpha value is -1.57. The second-order valence-electron chi connectivity index (χ2n) is 7.08. The molecule has 1 saturated carbocycles. The molecule has 2 aromatic carbocycles. The van der Waals surface area contributed by atoms with Crippen LogP contribution in [0.15, 0.2) is 36.4 Å². The maximum atomic E-state index is 14.9. The summed E-state index contributed by atoms with van der Waals surface area (Å²) < 4.78 is 18.7. The minimum Gasteiger partial charge on any atom is -0.369 e. The number of amides is 2. The van der Waals surface area contributed by atoms with Crippen molar-refractivity contribution in [1.29, 1.82) is 0 Å². The summed E-state index contributed by atoms with van der Waals surface area (Å²) in [7, 11) is 0. The first-order valence-electron chi connectivity index (χ1n) is 9.41. The molecule has 0 saturated heterocycles. The summed E-state index contributed by atoms with van der Waals surface area (Å²) in [5.74, 6) is -3.29. The van der Waals surface area contributed by atoms with E-state index >= 15 is 0 Å². The Kier molecular flexibility index (Phi) is 7.39. The van der Waals surface area contributed by atoms with Crippen LogP contribution in [0.2, 0.25) is 10.0 Å². The molecular formula is C21H19Cl4FN2O3. The molecular weight excluding hydrogens is 489 g/mol. The number of anilines is 2. The highest BCUT2D eigenvalue weighted by molar-refractivity contribution is 6.53. The van der Waals surface area contributed by atoms with Gasteiger partial charge in [0, 0.05) is 22.6 Å². The molecule has 1 aliphatic rings. The molecule has 2 N–H and O–H groups in total. The zero-order valence-electron chi connectivity index (χ0n) is 16.5. The van der Waals surface area contributed by atoms with Crippen molar-refractivity contribution in [1.82, 2.24) is 0 Å². The first-order chi connectivity index (χ1) is 14.6. The monoisotopic (exact) mass is 506 g/mol. The lowest BCUT2D eigenvalue weighted by atomic mass is 10.1. The number of carbonyl (C=O) groups excluding carboxylic acids is 2. The van der Waals surface area contributed by atoms with Crippen LogP contribution >= 0.6 is 46.4 Å². The van der Waals surface area contributed by atoms with E-state index in [9.17, 15) is 14.0 Å². The molecule has 2 amide bonds. The van der Waals surface area contributed by atoms with Gasteiger partial charge in [-0.05, 0) is 49.7 Å². The highest BCUT2D eigenvalue weighted by atomic mass is 35.5. The van der Waals surface area contributed by atoms with E-state index in [4.69, 9.17) is 51.1 Å². The van der Waals surface area contributed by atoms with E-state index in [0.717, 1.165) is 0 Å². The standard InChI is InChI=1S/C21H19Cl4FN2O3/c1-3-31-10(2)19(29)27-14-5-4-6-15(18(14)26)28-20(30)17-16(21(17,24)25)11-7-12(22)9-13(23)8-11/h4-10,16-17H,3H2,1-2H3,(H,27,29)(H,28,30)/t10?,16-,17+/m0/s1. The van der Waals surface area contributed by atoms with Crippen molar-refractivity contribution in [2.75, 3.05) is 17.2 Å². The molecule has 5 nitrogen and oxygen atoms in total. The third-order valence-corrected chi connectivity index (χ3v) is 6.26. The Bertz CT molecular complexity index is 998. The van der Waals surface area contributed by atoms with Crippen molar-refractivity contribution >= 4 is 69.6 Å². The van der Waals surface area contributed by atoms with E-state index < -0.39 is 39.9 Å². The number of nitrogens with one attached hydrogen (secondary N) is 2. The van der Waals surface area contributed by atoms with Gasteiger partial charge >= 0.3 is 0 Å². The largest absolute Gasteiger partial charge is 0.369 e. The van der Waals surface area contributed by atoms with Crippen molar-refractivity contribution in [2.24, 2.45) is 5.92 Å². The zero-order valence-corrected chi connectivity index (χ0v) is 19.5. The fourth-order valence-corrected chi connectivity index (χ4v) is 4.69. The van der Waals surface area contributed by atoms with E-state index in [1.54, 1.807) is 32.0 Å². The fraction of sp³-hybridized carbons (Fsp3) is 0.333. The van der Waals surface area contributed by atoms with E-state index in [-0.39, 0.29) is 11.4 Å². The molecule has 0 bridgehead atoms. The molecule has 10 heteroatoms. The summed E-state index contributed by atoms with van der Waals surface area (Å²) in [5, 5.41) is 5.70. The minimum absolute atomic E-state index is 0.0914. The van der Waals surface area contributed by atoms with Gasteiger partial charge in [0.25, 0.3) is 5.91 Å². The highest BCUT2D eigenvalue weighted by Gasteiger charge is 2.67. The average Bonchev–Trinajstić information content (AvgIpc) is 3.26. The molecule has 0 heterocycles. The van der Waals surface area contributed by atoms with Crippen molar-refractivity contribution < 1.29 is 18.7 Å². The van der Waals surface area contributed by atoms with Crippen LogP contribution in [0.25, 0.3) is 0 Å². The van der Waals surface area contributed by atoms with Gasteiger partial charge in [-0.3, -0.25) is 9.59 Å². The van der Waals surface area contributed by atoms with Crippen molar-refractivity contribution in [3.63, 3.8) is 0 Å². The number of hydrogen-bond acceptors (Lipinski definition) is 3. The molecule has 0 radical (unpaired) electrons. The Labute approximate surface area is 199 Å². The second kappa shape index (κ2) is 9.51. The van der Waals surface area contributed by atoms with Crippen LogP contribution in [0, 0.1) is 11.7 Å². The highest BCUT2D eigenvalue weighted by Crippen LogP contribution is 2.65.